The van der Waals surface area contributed by atoms with Gasteiger partial charge in [-0.05, 0) is 12.5 Å². The van der Waals surface area contributed by atoms with Gasteiger partial charge < -0.3 is 9.52 Å². The molecule has 0 fully saturated rings. The standard InChI is InChI=1S/C14H16N2O3/c1-11-7-15-13(19-11)9-16(10-14(17)18)8-12-5-3-2-4-6-12/h2-7H,8-10H2,1H3,(H,17,18). The molecule has 19 heavy (non-hydrogen) atoms. The number of aromatic nitrogens is 1. The van der Waals surface area contributed by atoms with Gasteiger partial charge in [-0.1, -0.05) is 30.3 Å². The Morgan fingerprint density at radius 3 is 2.63 bits per heavy atom. The van der Waals surface area contributed by atoms with Crippen LogP contribution in [-0.4, -0.2) is 27.5 Å². The van der Waals surface area contributed by atoms with Crippen LogP contribution in [0, 0.1) is 6.92 Å². The molecular weight excluding hydrogens is 244 g/mol. The Balaban J connectivity index is 2.05. The van der Waals surface area contributed by atoms with Gasteiger partial charge >= 0.3 is 5.97 Å². The lowest BCUT2D eigenvalue weighted by Crippen LogP contribution is -2.29. The van der Waals surface area contributed by atoms with Crippen LogP contribution in [0.15, 0.2) is 40.9 Å². The van der Waals surface area contributed by atoms with Crippen molar-refractivity contribution in [2.24, 2.45) is 0 Å². The van der Waals surface area contributed by atoms with Crippen molar-refractivity contribution in [2.75, 3.05) is 6.54 Å². The molecule has 1 aromatic carbocycles. The number of hydrogen-bond donors (Lipinski definition) is 1. The quantitative estimate of drug-likeness (QED) is 0.861. The highest BCUT2D eigenvalue weighted by Crippen LogP contribution is 2.10. The molecule has 1 heterocycles. The van der Waals surface area contributed by atoms with Gasteiger partial charge in [-0.25, -0.2) is 4.98 Å². The molecule has 0 unspecified atom stereocenters. The third kappa shape index (κ3) is 4.22. The van der Waals surface area contributed by atoms with E-state index in [0.29, 0.717) is 19.0 Å². The summed E-state index contributed by atoms with van der Waals surface area (Å²) >= 11 is 0. The molecule has 5 nitrogen and oxygen atoms in total. The number of rotatable bonds is 6. The smallest absolute Gasteiger partial charge is 0.317 e. The Morgan fingerprint density at radius 2 is 2.05 bits per heavy atom. The molecule has 0 atom stereocenters. The number of carboxylic acid groups (broad SMARTS) is 1. The Morgan fingerprint density at radius 1 is 1.32 bits per heavy atom. The second-order valence-electron chi connectivity index (χ2n) is 4.39. The van der Waals surface area contributed by atoms with E-state index in [0.717, 1.165) is 11.3 Å². The van der Waals surface area contributed by atoms with E-state index < -0.39 is 5.97 Å². The lowest BCUT2D eigenvalue weighted by Gasteiger charge is -2.18. The van der Waals surface area contributed by atoms with Crippen molar-refractivity contribution < 1.29 is 14.3 Å². The highest BCUT2D eigenvalue weighted by molar-refractivity contribution is 5.69. The Hall–Kier alpha value is -2.14. The third-order valence-electron chi connectivity index (χ3n) is 2.64. The van der Waals surface area contributed by atoms with Gasteiger partial charge in [0.1, 0.15) is 5.76 Å². The number of nitrogens with zero attached hydrogens (tertiary/aromatic N) is 2. The predicted molar refractivity (Wildman–Crippen MR) is 69.4 cm³/mol. The van der Waals surface area contributed by atoms with Crippen molar-refractivity contribution in [1.29, 1.82) is 0 Å². The van der Waals surface area contributed by atoms with Gasteiger partial charge in [0.15, 0.2) is 0 Å². The second-order valence-corrected chi connectivity index (χ2v) is 4.39. The van der Waals surface area contributed by atoms with E-state index in [9.17, 15) is 4.79 Å². The van der Waals surface area contributed by atoms with Crippen molar-refractivity contribution in [3.05, 3.63) is 53.7 Å². The SMILES string of the molecule is Cc1cnc(CN(CC(=O)O)Cc2ccccc2)o1. The first-order chi connectivity index (χ1) is 9.13. The lowest BCUT2D eigenvalue weighted by atomic mass is 10.2. The molecular formula is C14H16N2O3. The fourth-order valence-electron chi connectivity index (χ4n) is 1.87. The Kier molecular flexibility index (Phi) is 4.30. The zero-order valence-electron chi connectivity index (χ0n) is 10.7. The first kappa shape index (κ1) is 13.3. The number of carbonyl (C=O) groups is 1. The first-order valence-electron chi connectivity index (χ1n) is 6.03. The van der Waals surface area contributed by atoms with Crippen molar-refractivity contribution in [2.45, 2.75) is 20.0 Å². The minimum absolute atomic E-state index is 0.0453. The summed E-state index contributed by atoms with van der Waals surface area (Å²) in [7, 11) is 0. The van der Waals surface area contributed by atoms with E-state index in [-0.39, 0.29) is 6.54 Å². The van der Waals surface area contributed by atoms with Crippen LogP contribution in [-0.2, 0) is 17.9 Å². The molecule has 0 saturated heterocycles. The number of carboxylic acids is 1. The van der Waals surface area contributed by atoms with E-state index >= 15 is 0 Å². The number of aliphatic carboxylic acids is 1. The maximum atomic E-state index is 10.9. The highest BCUT2D eigenvalue weighted by Gasteiger charge is 2.13. The minimum Gasteiger partial charge on any atom is -0.480 e. The Bertz CT molecular complexity index is 537. The molecule has 0 aliphatic rings. The molecule has 100 valence electrons. The molecule has 0 bridgehead atoms. The van der Waals surface area contributed by atoms with Crippen LogP contribution in [0.2, 0.25) is 0 Å². The van der Waals surface area contributed by atoms with Gasteiger partial charge in [0, 0.05) is 6.54 Å². The van der Waals surface area contributed by atoms with Gasteiger partial charge in [-0.15, -0.1) is 0 Å². The van der Waals surface area contributed by atoms with Crippen molar-refractivity contribution in [3.63, 3.8) is 0 Å². The summed E-state index contributed by atoms with van der Waals surface area (Å²) in [4.78, 5) is 16.8. The van der Waals surface area contributed by atoms with Crippen molar-refractivity contribution in [1.82, 2.24) is 9.88 Å². The fraction of sp³-hybridized carbons (Fsp3) is 0.286. The summed E-state index contributed by atoms with van der Waals surface area (Å²) in [6.45, 7) is 2.70. The summed E-state index contributed by atoms with van der Waals surface area (Å²) in [6, 6.07) is 9.74. The third-order valence-corrected chi connectivity index (χ3v) is 2.64. The summed E-state index contributed by atoms with van der Waals surface area (Å²) < 4.78 is 5.39. The summed E-state index contributed by atoms with van der Waals surface area (Å²) in [5.41, 5.74) is 1.06. The van der Waals surface area contributed by atoms with E-state index in [1.54, 1.807) is 11.1 Å². The first-order valence-corrected chi connectivity index (χ1v) is 6.03. The molecule has 1 aromatic heterocycles. The predicted octanol–water partition coefficient (Wildman–Crippen LogP) is 2.07. The number of hydrogen-bond acceptors (Lipinski definition) is 4. The molecule has 0 amide bonds. The number of oxazole rings is 1. The molecule has 0 saturated carbocycles. The maximum absolute atomic E-state index is 10.9. The normalized spacial score (nSPS) is 10.8. The van der Waals surface area contributed by atoms with Gasteiger partial charge in [0.2, 0.25) is 5.89 Å². The van der Waals surface area contributed by atoms with Gasteiger partial charge in [0.05, 0.1) is 19.3 Å². The van der Waals surface area contributed by atoms with Crippen LogP contribution in [0.25, 0.3) is 0 Å². The zero-order chi connectivity index (χ0) is 13.7. The molecule has 0 spiro atoms. The summed E-state index contributed by atoms with van der Waals surface area (Å²) in [5.74, 6) is 0.402. The van der Waals surface area contributed by atoms with Crippen LogP contribution in [0.3, 0.4) is 0 Å². The maximum Gasteiger partial charge on any atom is 0.317 e. The van der Waals surface area contributed by atoms with E-state index in [2.05, 4.69) is 4.98 Å². The lowest BCUT2D eigenvalue weighted by molar-refractivity contribution is -0.138. The van der Waals surface area contributed by atoms with E-state index in [1.165, 1.54) is 0 Å². The van der Waals surface area contributed by atoms with Gasteiger partial charge in [0.25, 0.3) is 0 Å². The second kappa shape index (κ2) is 6.15. The van der Waals surface area contributed by atoms with Crippen LogP contribution < -0.4 is 0 Å². The van der Waals surface area contributed by atoms with E-state index in [4.69, 9.17) is 9.52 Å². The largest absolute Gasteiger partial charge is 0.480 e. The van der Waals surface area contributed by atoms with Crippen molar-refractivity contribution in [3.8, 4) is 0 Å². The minimum atomic E-state index is -0.862. The molecule has 0 aliphatic heterocycles. The van der Waals surface area contributed by atoms with Gasteiger partial charge in [-0.3, -0.25) is 9.69 Å². The van der Waals surface area contributed by atoms with Crippen LogP contribution in [0.1, 0.15) is 17.2 Å². The molecule has 2 rings (SSSR count). The molecule has 0 radical (unpaired) electrons. The average Bonchev–Trinajstić information content (AvgIpc) is 2.75. The fourth-order valence-corrected chi connectivity index (χ4v) is 1.87. The van der Waals surface area contributed by atoms with Crippen LogP contribution in [0.4, 0.5) is 0 Å². The Labute approximate surface area is 111 Å². The number of benzene rings is 1. The van der Waals surface area contributed by atoms with Gasteiger partial charge in [-0.2, -0.15) is 0 Å². The summed E-state index contributed by atoms with van der Waals surface area (Å²) in [6.07, 6.45) is 1.64. The molecule has 1 N–H and O–H groups in total. The van der Waals surface area contributed by atoms with E-state index in [1.807, 2.05) is 37.3 Å². The number of aryl methyl sites for hydroxylation is 1. The molecule has 2 aromatic rings. The highest BCUT2D eigenvalue weighted by atomic mass is 16.4. The topological polar surface area (TPSA) is 66.6 Å². The van der Waals surface area contributed by atoms with Crippen LogP contribution >= 0.6 is 0 Å². The zero-order valence-corrected chi connectivity index (χ0v) is 10.7. The average molecular weight is 260 g/mol. The monoisotopic (exact) mass is 260 g/mol. The summed E-state index contributed by atoms with van der Waals surface area (Å²) in [5, 5.41) is 8.95. The van der Waals surface area contributed by atoms with Crippen LogP contribution in [0.5, 0.6) is 0 Å². The molecule has 5 heteroatoms. The molecule has 0 aliphatic carbocycles. The van der Waals surface area contributed by atoms with Crippen molar-refractivity contribution >= 4 is 5.97 Å².